The molecule has 4 nitrogen and oxygen atoms in total. The van der Waals surface area contributed by atoms with E-state index in [0.717, 1.165) is 30.2 Å². The Balaban J connectivity index is 2.27. The quantitative estimate of drug-likeness (QED) is 0.818. The van der Waals surface area contributed by atoms with Crippen LogP contribution in [0.2, 0.25) is 0 Å². The van der Waals surface area contributed by atoms with Crippen molar-refractivity contribution in [1.29, 1.82) is 0 Å². The molecule has 0 radical (unpaired) electrons. The lowest BCUT2D eigenvalue weighted by Crippen LogP contribution is -2.52. The van der Waals surface area contributed by atoms with Crippen molar-refractivity contribution in [3.05, 3.63) is 18.2 Å². The molecule has 1 atom stereocenters. The number of nitrogens with two attached hydrogens (primary N) is 1. The minimum absolute atomic E-state index is 0.143. The van der Waals surface area contributed by atoms with Crippen molar-refractivity contribution in [2.45, 2.75) is 32.5 Å². The van der Waals surface area contributed by atoms with E-state index >= 15 is 0 Å². The normalized spacial score (nSPS) is 22.9. The molecule has 0 spiro atoms. The molecule has 0 amide bonds. The van der Waals surface area contributed by atoms with Crippen LogP contribution < -0.4 is 15.4 Å². The van der Waals surface area contributed by atoms with E-state index in [9.17, 15) is 0 Å². The Morgan fingerprint density at radius 2 is 2.11 bits per heavy atom. The molecule has 0 aliphatic carbocycles. The Morgan fingerprint density at radius 1 is 1.39 bits per heavy atom. The number of anilines is 2. The fraction of sp³-hybridized carbons (Fsp3) is 0.571. The van der Waals surface area contributed by atoms with E-state index in [0.29, 0.717) is 0 Å². The number of ether oxygens (including phenoxy) is 2. The van der Waals surface area contributed by atoms with Gasteiger partial charge < -0.3 is 20.1 Å². The van der Waals surface area contributed by atoms with Crippen molar-refractivity contribution in [1.82, 2.24) is 0 Å². The Hall–Kier alpha value is -1.42. The molecule has 1 aliphatic rings. The van der Waals surface area contributed by atoms with Crippen LogP contribution in [0.5, 0.6) is 5.75 Å². The first-order valence-corrected chi connectivity index (χ1v) is 6.27. The molecule has 18 heavy (non-hydrogen) atoms. The number of rotatable bonds is 2. The zero-order valence-corrected chi connectivity index (χ0v) is 11.6. The smallest absolute Gasteiger partial charge is 0.122 e. The third-order valence-electron chi connectivity index (χ3n) is 3.08. The molecule has 0 saturated carbocycles. The molecular weight excluding hydrogens is 228 g/mol. The van der Waals surface area contributed by atoms with Crippen molar-refractivity contribution in [2.75, 3.05) is 30.8 Å². The van der Waals surface area contributed by atoms with Gasteiger partial charge in [0, 0.05) is 36.6 Å². The zero-order valence-electron chi connectivity index (χ0n) is 11.6. The lowest BCUT2D eigenvalue weighted by Gasteiger charge is -2.43. The molecule has 1 aromatic rings. The third-order valence-corrected chi connectivity index (χ3v) is 3.08. The van der Waals surface area contributed by atoms with Crippen molar-refractivity contribution in [3.63, 3.8) is 0 Å². The number of nitrogen functional groups attached to an aromatic ring is 1. The van der Waals surface area contributed by atoms with Gasteiger partial charge in [0.15, 0.2) is 0 Å². The maximum absolute atomic E-state index is 5.91. The number of benzene rings is 1. The second kappa shape index (κ2) is 4.69. The van der Waals surface area contributed by atoms with Gasteiger partial charge in [-0.1, -0.05) is 0 Å². The van der Waals surface area contributed by atoms with E-state index in [-0.39, 0.29) is 11.7 Å². The van der Waals surface area contributed by atoms with Crippen molar-refractivity contribution >= 4 is 11.4 Å². The molecule has 1 fully saturated rings. The van der Waals surface area contributed by atoms with Crippen LogP contribution in [0.25, 0.3) is 0 Å². The average molecular weight is 250 g/mol. The Labute approximate surface area is 109 Å². The van der Waals surface area contributed by atoms with Crippen LogP contribution in [0.15, 0.2) is 18.2 Å². The first kappa shape index (κ1) is 13.0. The summed E-state index contributed by atoms with van der Waals surface area (Å²) < 4.78 is 11.2. The summed E-state index contributed by atoms with van der Waals surface area (Å²) in [6, 6.07) is 5.83. The van der Waals surface area contributed by atoms with Crippen molar-refractivity contribution in [3.8, 4) is 5.75 Å². The highest BCUT2D eigenvalue weighted by Crippen LogP contribution is 2.30. The van der Waals surface area contributed by atoms with Gasteiger partial charge in [-0.2, -0.15) is 0 Å². The van der Waals surface area contributed by atoms with Crippen LogP contribution in [-0.2, 0) is 4.74 Å². The van der Waals surface area contributed by atoms with Crippen LogP contribution in [-0.4, -0.2) is 31.9 Å². The summed E-state index contributed by atoms with van der Waals surface area (Å²) in [4.78, 5) is 2.30. The maximum Gasteiger partial charge on any atom is 0.122 e. The van der Waals surface area contributed by atoms with Crippen LogP contribution in [0.1, 0.15) is 20.8 Å². The predicted molar refractivity (Wildman–Crippen MR) is 74.2 cm³/mol. The van der Waals surface area contributed by atoms with E-state index in [1.54, 1.807) is 7.11 Å². The van der Waals surface area contributed by atoms with Gasteiger partial charge in [0.1, 0.15) is 5.75 Å². The topological polar surface area (TPSA) is 47.7 Å². The highest BCUT2D eigenvalue weighted by molar-refractivity contribution is 5.61. The van der Waals surface area contributed by atoms with Gasteiger partial charge in [-0.25, -0.2) is 0 Å². The number of hydrogen-bond acceptors (Lipinski definition) is 4. The Morgan fingerprint density at radius 3 is 2.72 bits per heavy atom. The summed E-state index contributed by atoms with van der Waals surface area (Å²) in [6.45, 7) is 8.04. The summed E-state index contributed by atoms with van der Waals surface area (Å²) in [5, 5.41) is 0. The predicted octanol–water partition coefficient (Wildman–Crippen LogP) is 2.28. The van der Waals surface area contributed by atoms with Crippen LogP contribution in [0.3, 0.4) is 0 Å². The van der Waals surface area contributed by atoms with Crippen LogP contribution in [0, 0.1) is 0 Å². The molecule has 0 bridgehead atoms. The summed E-state index contributed by atoms with van der Waals surface area (Å²) in [6.07, 6.45) is 0.209. The van der Waals surface area contributed by atoms with Crippen molar-refractivity contribution in [2.24, 2.45) is 0 Å². The fourth-order valence-electron chi connectivity index (χ4n) is 2.56. The van der Waals surface area contributed by atoms with E-state index in [1.807, 2.05) is 18.2 Å². The lowest BCUT2D eigenvalue weighted by molar-refractivity contribution is -0.0749. The highest BCUT2D eigenvalue weighted by atomic mass is 16.5. The second-order valence-electron chi connectivity index (χ2n) is 5.53. The Bertz CT molecular complexity index is 432. The molecular formula is C14H22N2O2. The largest absolute Gasteiger partial charge is 0.497 e. The summed E-state index contributed by atoms with van der Waals surface area (Å²) >= 11 is 0. The number of hydrogen-bond donors (Lipinski definition) is 1. The minimum Gasteiger partial charge on any atom is -0.497 e. The summed E-state index contributed by atoms with van der Waals surface area (Å²) in [5.74, 6) is 0.793. The summed E-state index contributed by atoms with van der Waals surface area (Å²) in [7, 11) is 1.66. The number of nitrogens with zero attached hydrogens (tertiary/aromatic N) is 1. The zero-order chi connectivity index (χ0) is 13.3. The molecule has 1 heterocycles. The van der Waals surface area contributed by atoms with Gasteiger partial charge >= 0.3 is 0 Å². The van der Waals surface area contributed by atoms with E-state index < -0.39 is 0 Å². The van der Waals surface area contributed by atoms with Gasteiger partial charge in [0.2, 0.25) is 0 Å². The van der Waals surface area contributed by atoms with E-state index in [1.165, 1.54) is 0 Å². The lowest BCUT2D eigenvalue weighted by atomic mass is 10.0. The van der Waals surface area contributed by atoms with E-state index in [4.69, 9.17) is 15.2 Å². The van der Waals surface area contributed by atoms with Gasteiger partial charge in [-0.05, 0) is 26.8 Å². The molecule has 2 rings (SSSR count). The Kier molecular flexibility index (Phi) is 3.39. The highest BCUT2D eigenvalue weighted by Gasteiger charge is 2.31. The van der Waals surface area contributed by atoms with Gasteiger partial charge in [0.25, 0.3) is 0 Å². The first-order valence-electron chi connectivity index (χ1n) is 6.27. The van der Waals surface area contributed by atoms with E-state index in [2.05, 4.69) is 25.7 Å². The number of morpholine rings is 1. The first-order chi connectivity index (χ1) is 8.39. The second-order valence-corrected chi connectivity index (χ2v) is 5.53. The molecule has 1 aliphatic heterocycles. The molecule has 2 N–H and O–H groups in total. The summed E-state index contributed by atoms with van der Waals surface area (Å²) in [5.41, 5.74) is 7.58. The fourth-order valence-corrected chi connectivity index (χ4v) is 2.56. The average Bonchev–Trinajstić information content (AvgIpc) is 2.25. The van der Waals surface area contributed by atoms with Gasteiger partial charge in [-0.3, -0.25) is 0 Å². The molecule has 1 unspecified atom stereocenters. The van der Waals surface area contributed by atoms with Gasteiger partial charge in [0.05, 0.1) is 18.8 Å². The third kappa shape index (κ3) is 2.88. The molecule has 0 aromatic heterocycles. The van der Waals surface area contributed by atoms with Crippen LogP contribution >= 0.6 is 0 Å². The van der Waals surface area contributed by atoms with Crippen molar-refractivity contribution < 1.29 is 9.47 Å². The van der Waals surface area contributed by atoms with Crippen LogP contribution in [0.4, 0.5) is 11.4 Å². The maximum atomic E-state index is 5.91. The monoisotopic (exact) mass is 250 g/mol. The SMILES string of the molecule is COc1cc(N)cc(N2CC(C)OC(C)(C)C2)c1. The number of methoxy groups -OCH3 is 1. The molecule has 4 heteroatoms. The van der Waals surface area contributed by atoms with Gasteiger partial charge in [-0.15, -0.1) is 0 Å². The minimum atomic E-state index is -0.143. The molecule has 100 valence electrons. The molecule has 1 aromatic carbocycles. The molecule has 1 saturated heterocycles. The standard InChI is InChI=1S/C14H22N2O2/c1-10-8-16(9-14(2,3)18-10)12-5-11(15)6-13(7-12)17-4/h5-7,10H,8-9,15H2,1-4H3.